The lowest BCUT2D eigenvalue weighted by atomic mass is 10.1. The third-order valence-electron chi connectivity index (χ3n) is 3.10. The van der Waals surface area contributed by atoms with Crippen LogP contribution >= 0.6 is 23.1 Å². The number of halogens is 1. The summed E-state index contributed by atoms with van der Waals surface area (Å²) in [5.74, 6) is 1.00. The van der Waals surface area contributed by atoms with Crippen molar-refractivity contribution in [2.75, 3.05) is 5.32 Å². The van der Waals surface area contributed by atoms with Gasteiger partial charge in [-0.2, -0.15) is 4.37 Å². The summed E-state index contributed by atoms with van der Waals surface area (Å²) < 4.78 is 4.33. The van der Waals surface area contributed by atoms with Crippen LogP contribution in [-0.2, 0) is 13.0 Å². The third kappa shape index (κ3) is 3.96. The molecule has 3 aromatic rings. The Morgan fingerprint density at radius 1 is 1.09 bits per heavy atom. The number of hydrogen-bond acceptors (Lipinski definition) is 5. The van der Waals surface area contributed by atoms with E-state index in [0.29, 0.717) is 13.0 Å². The molecule has 2 N–H and O–H groups in total. The first-order valence-electron chi connectivity index (χ1n) is 6.78. The highest BCUT2D eigenvalue weighted by Gasteiger charge is 2.05. The lowest BCUT2D eigenvalue weighted by Crippen LogP contribution is -1.99. The van der Waals surface area contributed by atoms with E-state index in [0.717, 1.165) is 27.1 Å². The molecule has 0 saturated carbocycles. The predicted molar refractivity (Wildman–Crippen MR) is 89.6 cm³/mol. The van der Waals surface area contributed by atoms with E-state index < -0.39 is 0 Å². The van der Waals surface area contributed by atoms with Gasteiger partial charge in [-0.15, -0.1) is 0 Å². The molecule has 1 aromatic heterocycles. The molecule has 3 rings (SSSR count). The molecule has 1 heterocycles. The van der Waals surface area contributed by atoms with Crippen molar-refractivity contribution >= 4 is 28.3 Å². The summed E-state index contributed by atoms with van der Waals surface area (Å²) in [5.41, 5.74) is 2.12. The molecule has 6 heteroatoms. The Morgan fingerprint density at radius 2 is 1.91 bits per heavy atom. The fraction of sp³-hybridized carbons (Fsp3) is 0.125. The number of aromatic hydroxyl groups is 1. The number of nitrogens with one attached hydrogen (secondary N) is 1. The summed E-state index contributed by atoms with van der Waals surface area (Å²) in [5, 5.41) is 14.2. The average molecular weight is 332 g/mol. The normalized spacial score (nSPS) is 10.6. The number of aromatic nitrogens is 2. The predicted octanol–water partition coefficient (Wildman–Crippen LogP) is 4.10. The van der Waals surface area contributed by atoms with Gasteiger partial charge in [0.1, 0.15) is 11.6 Å². The Labute approximate surface area is 137 Å². The molecule has 2 aromatic carbocycles. The van der Waals surface area contributed by atoms with Gasteiger partial charge in [0.05, 0.1) is 0 Å². The zero-order chi connectivity index (χ0) is 15.4. The molecule has 0 amide bonds. The van der Waals surface area contributed by atoms with Crippen molar-refractivity contribution in [3.63, 3.8) is 0 Å². The zero-order valence-electron chi connectivity index (χ0n) is 11.7. The number of phenols is 1. The molecule has 112 valence electrons. The van der Waals surface area contributed by atoms with Gasteiger partial charge in [0.15, 0.2) is 0 Å². The molecule has 0 spiro atoms. The van der Waals surface area contributed by atoms with Gasteiger partial charge in [0.25, 0.3) is 0 Å². The van der Waals surface area contributed by atoms with Crippen molar-refractivity contribution in [2.24, 2.45) is 0 Å². The van der Waals surface area contributed by atoms with Crippen LogP contribution in [0.25, 0.3) is 0 Å². The molecule has 0 atom stereocenters. The Balaban J connectivity index is 1.60. The molecular formula is C16H14ClN3OS. The van der Waals surface area contributed by atoms with Crippen molar-refractivity contribution in [2.45, 2.75) is 13.0 Å². The molecule has 22 heavy (non-hydrogen) atoms. The van der Waals surface area contributed by atoms with Crippen LogP contribution in [0.5, 0.6) is 5.75 Å². The number of hydrogen-bond donors (Lipinski definition) is 2. The second-order valence-electron chi connectivity index (χ2n) is 4.84. The van der Waals surface area contributed by atoms with Crippen molar-refractivity contribution in [1.29, 1.82) is 0 Å². The van der Waals surface area contributed by atoms with E-state index in [2.05, 4.69) is 14.7 Å². The van der Waals surface area contributed by atoms with Gasteiger partial charge in [0.2, 0.25) is 5.13 Å². The molecule has 0 radical (unpaired) electrons. The maximum atomic E-state index is 9.47. The van der Waals surface area contributed by atoms with Crippen LogP contribution in [-0.4, -0.2) is 14.5 Å². The molecule has 0 aliphatic rings. The van der Waals surface area contributed by atoms with Gasteiger partial charge in [-0.1, -0.05) is 35.9 Å². The highest BCUT2D eigenvalue weighted by atomic mass is 35.5. The van der Waals surface area contributed by atoms with E-state index in [1.807, 2.05) is 36.4 Å². The standard InChI is InChI=1S/C16H14ClN3OS/c17-13-6-4-11(5-7-13)10-18-16-19-15(20-22-16)9-12-2-1-3-14(21)8-12/h1-8,21H,9-10H2,(H,18,19,20). The van der Waals surface area contributed by atoms with Gasteiger partial charge in [-0.25, -0.2) is 4.98 Å². The van der Waals surface area contributed by atoms with Crippen LogP contribution in [0.2, 0.25) is 5.02 Å². The fourth-order valence-electron chi connectivity index (χ4n) is 2.03. The summed E-state index contributed by atoms with van der Waals surface area (Å²) >= 11 is 7.20. The van der Waals surface area contributed by atoms with Crippen molar-refractivity contribution in [3.8, 4) is 5.75 Å². The highest BCUT2D eigenvalue weighted by molar-refractivity contribution is 7.09. The monoisotopic (exact) mass is 331 g/mol. The van der Waals surface area contributed by atoms with Gasteiger partial charge >= 0.3 is 0 Å². The molecule has 0 saturated heterocycles. The Kier molecular flexibility index (Phi) is 4.56. The van der Waals surface area contributed by atoms with E-state index in [4.69, 9.17) is 11.6 Å². The number of nitrogens with zero attached hydrogens (tertiary/aromatic N) is 2. The lowest BCUT2D eigenvalue weighted by Gasteiger charge is -2.02. The van der Waals surface area contributed by atoms with E-state index >= 15 is 0 Å². The van der Waals surface area contributed by atoms with Crippen LogP contribution in [0.3, 0.4) is 0 Å². The number of rotatable bonds is 5. The molecular weight excluding hydrogens is 318 g/mol. The Morgan fingerprint density at radius 3 is 2.68 bits per heavy atom. The highest BCUT2D eigenvalue weighted by Crippen LogP contribution is 2.18. The van der Waals surface area contributed by atoms with Crippen molar-refractivity contribution in [3.05, 3.63) is 70.5 Å². The van der Waals surface area contributed by atoms with E-state index in [1.165, 1.54) is 11.5 Å². The molecule has 4 nitrogen and oxygen atoms in total. The van der Waals surface area contributed by atoms with E-state index in [1.54, 1.807) is 12.1 Å². The minimum Gasteiger partial charge on any atom is -0.508 e. The average Bonchev–Trinajstić information content (AvgIpc) is 2.94. The largest absolute Gasteiger partial charge is 0.508 e. The third-order valence-corrected chi connectivity index (χ3v) is 4.06. The second kappa shape index (κ2) is 6.77. The van der Waals surface area contributed by atoms with E-state index in [-0.39, 0.29) is 5.75 Å². The Bertz CT molecular complexity index is 758. The van der Waals surface area contributed by atoms with Gasteiger partial charge < -0.3 is 10.4 Å². The maximum absolute atomic E-state index is 9.47. The fourth-order valence-corrected chi connectivity index (χ4v) is 2.73. The zero-order valence-corrected chi connectivity index (χ0v) is 13.2. The minimum atomic E-state index is 0.258. The van der Waals surface area contributed by atoms with Gasteiger partial charge in [-0.3, -0.25) is 0 Å². The summed E-state index contributed by atoms with van der Waals surface area (Å²) in [6, 6.07) is 14.8. The first-order valence-corrected chi connectivity index (χ1v) is 7.93. The molecule has 0 bridgehead atoms. The molecule has 0 fully saturated rings. The lowest BCUT2D eigenvalue weighted by molar-refractivity contribution is 0.474. The summed E-state index contributed by atoms with van der Waals surface area (Å²) in [6.07, 6.45) is 0.605. The molecule has 0 aliphatic carbocycles. The topological polar surface area (TPSA) is 58.0 Å². The number of anilines is 1. The van der Waals surface area contributed by atoms with Gasteiger partial charge in [-0.05, 0) is 35.4 Å². The summed E-state index contributed by atoms with van der Waals surface area (Å²) in [6.45, 7) is 0.678. The van der Waals surface area contributed by atoms with Crippen LogP contribution in [0.4, 0.5) is 5.13 Å². The van der Waals surface area contributed by atoms with Crippen LogP contribution in [0, 0.1) is 0 Å². The van der Waals surface area contributed by atoms with Crippen LogP contribution < -0.4 is 5.32 Å². The SMILES string of the molecule is Oc1cccc(Cc2nsc(NCc3ccc(Cl)cc3)n2)c1. The summed E-state index contributed by atoms with van der Waals surface area (Å²) in [7, 11) is 0. The minimum absolute atomic E-state index is 0.258. The maximum Gasteiger partial charge on any atom is 0.202 e. The number of phenolic OH excluding ortho intramolecular Hbond substituents is 1. The van der Waals surface area contributed by atoms with Crippen LogP contribution in [0.1, 0.15) is 17.0 Å². The van der Waals surface area contributed by atoms with E-state index in [9.17, 15) is 5.11 Å². The molecule has 0 aliphatic heterocycles. The van der Waals surface area contributed by atoms with Crippen molar-refractivity contribution in [1.82, 2.24) is 9.36 Å². The first kappa shape index (κ1) is 14.8. The first-order chi connectivity index (χ1) is 10.7. The summed E-state index contributed by atoms with van der Waals surface area (Å²) in [4.78, 5) is 4.46. The smallest absolute Gasteiger partial charge is 0.202 e. The van der Waals surface area contributed by atoms with Crippen molar-refractivity contribution < 1.29 is 5.11 Å². The number of benzene rings is 2. The van der Waals surface area contributed by atoms with Crippen LogP contribution in [0.15, 0.2) is 48.5 Å². The molecule has 0 unspecified atom stereocenters. The quantitative estimate of drug-likeness (QED) is 0.739. The van der Waals surface area contributed by atoms with Gasteiger partial charge in [0, 0.05) is 29.5 Å². The Hall–Kier alpha value is -2.11. The second-order valence-corrected chi connectivity index (χ2v) is 6.03.